The summed E-state index contributed by atoms with van der Waals surface area (Å²) in [5.74, 6) is 0.565. The highest BCUT2D eigenvalue weighted by atomic mass is 32.2. The van der Waals surface area contributed by atoms with Crippen molar-refractivity contribution in [3.05, 3.63) is 109 Å². The molecule has 0 radical (unpaired) electrons. The highest BCUT2D eigenvalue weighted by Crippen LogP contribution is 2.36. The fourth-order valence-electron chi connectivity index (χ4n) is 4.42. The number of rotatable bonds is 7. The second-order valence-electron chi connectivity index (χ2n) is 8.96. The van der Waals surface area contributed by atoms with E-state index in [0.717, 1.165) is 32.8 Å². The van der Waals surface area contributed by atoms with Gasteiger partial charge < -0.3 is 4.98 Å². The van der Waals surface area contributed by atoms with E-state index in [1.54, 1.807) is 15.9 Å². The van der Waals surface area contributed by atoms with Gasteiger partial charge in [0, 0.05) is 15.8 Å². The maximum atomic E-state index is 13.6. The molecule has 6 rings (SSSR count). The molecular formula is C29H24N4O2S3. The SMILES string of the molecule is CCc1cc2c(=O)n(Cc3ccccc3)c(S[C@H](C)c3nc4scc(-c5ccccc5)c4c(=O)[nH]3)nc2s1. The summed E-state index contributed by atoms with van der Waals surface area (Å²) in [7, 11) is 0. The molecule has 0 aliphatic carbocycles. The molecular weight excluding hydrogens is 533 g/mol. The number of benzene rings is 2. The summed E-state index contributed by atoms with van der Waals surface area (Å²) in [6.45, 7) is 4.48. The van der Waals surface area contributed by atoms with Gasteiger partial charge in [-0.15, -0.1) is 22.7 Å². The summed E-state index contributed by atoms with van der Waals surface area (Å²) >= 11 is 4.46. The average molecular weight is 557 g/mol. The Morgan fingerprint density at radius 3 is 2.47 bits per heavy atom. The molecule has 190 valence electrons. The van der Waals surface area contributed by atoms with Crippen LogP contribution >= 0.6 is 34.4 Å². The highest BCUT2D eigenvalue weighted by Gasteiger charge is 2.21. The third kappa shape index (κ3) is 4.62. The average Bonchev–Trinajstić information content (AvgIpc) is 3.57. The third-order valence-corrected chi connectivity index (χ3v) is 9.56. The molecule has 4 heterocycles. The molecule has 1 atom stereocenters. The topological polar surface area (TPSA) is 80.6 Å². The molecule has 0 fully saturated rings. The number of thiophene rings is 2. The van der Waals surface area contributed by atoms with Crippen LogP contribution in [0.15, 0.2) is 86.9 Å². The molecule has 0 saturated heterocycles. The normalized spacial score (nSPS) is 12.4. The van der Waals surface area contributed by atoms with Gasteiger partial charge in [0.25, 0.3) is 11.1 Å². The molecule has 0 saturated carbocycles. The lowest BCUT2D eigenvalue weighted by Crippen LogP contribution is -2.23. The second-order valence-corrected chi connectivity index (χ2v) is 12.2. The summed E-state index contributed by atoms with van der Waals surface area (Å²) in [5.41, 5.74) is 2.70. The van der Waals surface area contributed by atoms with Gasteiger partial charge >= 0.3 is 0 Å². The summed E-state index contributed by atoms with van der Waals surface area (Å²) < 4.78 is 1.74. The number of hydrogen-bond acceptors (Lipinski definition) is 7. The number of nitrogens with zero attached hydrogens (tertiary/aromatic N) is 3. The van der Waals surface area contributed by atoms with Crippen LogP contribution < -0.4 is 11.1 Å². The van der Waals surface area contributed by atoms with E-state index in [1.165, 1.54) is 23.1 Å². The van der Waals surface area contributed by atoms with Crippen molar-refractivity contribution in [2.24, 2.45) is 0 Å². The molecule has 0 aliphatic heterocycles. The lowest BCUT2D eigenvalue weighted by molar-refractivity contribution is 0.657. The maximum Gasteiger partial charge on any atom is 0.263 e. The van der Waals surface area contributed by atoms with Crippen molar-refractivity contribution in [2.75, 3.05) is 0 Å². The smallest absolute Gasteiger partial charge is 0.263 e. The van der Waals surface area contributed by atoms with Gasteiger partial charge in [0.15, 0.2) is 5.16 Å². The Bertz CT molecular complexity index is 1870. The summed E-state index contributed by atoms with van der Waals surface area (Å²) in [6.07, 6.45) is 0.856. The first kappa shape index (κ1) is 24.8. The van der Waals surface area contributed by atoms with Crippen molar-refractivity contribution in [2.45, 2.75) is 37.2 Å². The van der Waals surface area contributed by atoms with E-state index in [-0.39, 0.29) is 16.4 Å². The van der Waals surface area contributed by atoms with Crippen LogP contribution in [0.2, 0.25) is 0 Å². The molecule has 38 heavy (non-hydrogen) atoms. The van der Waals surface area contributed by atoms with Crippen molar-refractivity contribution in [3.63, 3.8) is 0 Å². The molecule has 9 heteroatoms. The fraction of sp³-hybridized carbons (Fsp3) is 0.172. The number of thioether (sulfide) groups is 1. The zero-order valence-corrected chi connectivity index (χ0v) is 23.3. The van der Waals surface area contributed by atoms with Crippen LogP contribution in [0.1, 0.15) is 35.4 Å². The molecule has 4 aromatic heterocycles. The van der Waals surface area contributed by atoms with Crippen molar-refractivity contribution in [1.29, 1.82) is 0 Å². The van der Waals surface area contributed by atoms with Gasteiger partial charge in [0.2, 0.25) is 0 Å². The van der Waals surface area contributed by atoms with Gasteiger partial charge in [-0.3, -0.25) is 14.2 Å². The number of aromatic nitrogens is 4. The second kappa shape index (κ2) is 10.3. The molecule has 2 aromatic carbocycles. The minimum atomic E-state index is -0.230. The van der Waals surface area contributed by atoms with E-state index in [2.05, 4.69) is 11.9 Å². The number of hydrogen-bond donors (Lipinski definition) is 1. The van der Waals surface area contributed by atoms with Crippen molar-refractivity contribution < 1.29 is 0 Å². The Morgan fingerprint density at radius 1 is 1.00 bits per heavy atom. The van der Waals surface area contributed by atoms with Crippen molar-refractivity contribution in [3.8, 4) is 11.1 Å². The van der Waals surface area contributed by atoms with E-state index < -0.39 is 0 Å². The first-order valence-corrected chi connectivity index (χ1v) is 14.9. The minimum absolute atomic E-state index is 0.0489. The maximum absolute atomic E-state index is 13.6. The van der Waals surface area contributed by atoms with Gasteiger partial charge in [0.05, 0.1) is 22.6 Å². The zero-order valence-electron chi connectivity index (χ0n) is 20.8. The van der Waals surface area contributed by atoms with Gasteiger partial charge in [-0.2, -0.15) is 0 Å². The van der Waals surface area contributed by atoms with Crippen LogP contribution in [0, 0.1) is 0 Å². The van der Waals surface area contributed by atoms with E-state index in [9.17, 15) is 9.59 Å². The quantitative estimate of drug-likeness (QED) is 0.171. The highest BCUT2D eigenvalue weighted by molar-refractivity contribution is 7.99. The van der Waals surface area contributed by atoms with Crippen molar-refractivity contribution >= 4 is 54.9 Å². The molecule has 6 nitrogen and oxygen atoms in total. The van der Waals surface area contributed by atoms with Gasteiger partial charge in [-0.25, -0.2) is 9.97 Å². The fourth-order valence-corrected chi connectivity index (χ4v) is 7.35. The molecule has 0 spiro atoms. The Kier molecular flexibility index (Phi) is 6.73. The Labute approximate surface area is 231 Å². The van der Waals surface area contributed by atoms with Gasteiger partial charge in [-0.05, 0) is 30.5 Å². The molecule has 0 amide bonds. The number of H-pyrrole nitrogens is 1. The first-order chi connectivity index (χ1) is 18.5. The largest absolute Gasteiger partial charge is 0.309 e. The van der Waals surface area contributed by atoms with Crippen LogP contribution in [0.25, 0.3) is 31.6 Å². The minimum Gasteiger partial charge on any atom is -0.309 e. The van der Waals surface area contributed by atoms with Crippen LogP contribution in [-0.4, -0.2) is 19.5 Å². The Hall–Kier alpha value is -3.53. The predicted octanol–water partition coefficient (Wildman–Crippen LogP) is 6.89. The van der Waals surface area contributed by atoms with Crippen LogP contribution in [0.5, 0.6) is 0 Å². The van der Waals surface area contributed by atoms with E-state index in [0.29, 0.717) is 33.1 Å². The molecule has 6 aromatic rings. The first-order valence-electron chi connectivity index (χ1n) is 12.3. The number of aromatic amines is 1. The monoisotopic (exact) mass is 556 g/mol. The molecule has 0 unspecified atom stereocenters. The van der Waals surface area contributed by atoms with Gasteiger partial charge in [0.1, 0.15) is 15.5 Å². The number of fused-ring (bicyclic) bond motifs is 2. The summed E-state index contributed by atoms with van der Waals surface area (Å²) in [5, 5.41) is 3.63. The van der Waals surface area contributed by atoms with Crippen molar-refractivity contribution in [1.82, 2.24) is 19.5 Å². The summed E-state index contributed by atoms with van der Waals surface area (Å²) in [6, 6.07) is 21.7. The number of nitrogens with one attached hydrogen (secondary N) is 1. The zero-order chi connectivity index (χ0) is 26.2. The molecule has 0 aliphatic rings. The Morgan fingerprint density at radius 2 is 1.74 bits per heavy atom. The molecule has 1 N–H and O–H groups in total. The Balaban J connectivity index is 1.40. The van der Waals surface area contributed by atoms with Crippen LogP contribution in [0.4, 0.5) is 0 Å². The number of aryl methyl sites for hydroxylation is 1. The third-order valence-electron chi connectivity index (χ3n) is 6.41. The van der Waals surface area contributed by atoms with Crippen LogP contribution in [-0.2, 0) is 13.0 Å². The van der Waals surface area contributed by atoms with Crippen LogP contribution in [0.3, 0.4) is 0 Å². The lowest BCUT2D eigenvalue weighted by atomic mass is 10.1. The van der Waals surface area contributed by atoms with Gasteiger partial charge in [-0.1, -0.05) is 79.3 Å². The molecule has 0 bridgehead atoms. The summed E-state index contributed by atoms with van der Waals surface area (Å²) in [4.78, 5) is 42.2. The van der Waals surface area contributed by atoms with E-state index in [4.69, 9.17) is 9.97 Å². The van der Waals surface area contributed by atoms with E-state index in [1.807, 2.05) is 79.0 Å². The van der Waals surface area contributed by atoms with E-state index >= 15 is 0 Å². The predicted molar refractivity (Wildman–Crippen MR) is 159 cm³/mol. The standard InChI is InChI=1S/C29H24N4O2S3/c1-3-20-14-21-26(38-20)32-29(33(28(21)35)15-18-10-6-4-7-11-18)37-17(2)24-30-25(34)23-22(16-36-27(23)31-24)19-12-8-5-9-13-19/h4-14,16-17H,3,15H2,1-2H3,(H,30,31,34)/t17-/m1/s1. The lowest BCUT2D eigenvalue weighted by Gasteiger charge is -2.15.